The molecule has 0 aliphatic heterocycles. The minimum atomic E-state index is -5.68. The van der Waals surface area contributed by atoms with Crippen LogP contribution in [-0.2, 0) is 10.0 Å². The first-order valence-corrected chi connectivity index (χ1v) is 23.3. The molecule has 1 atom stereocenters. The number of anilines is 1. The SMILES string of the molecule is CC(O)c1ccccc1-c1ccc2nc(/C=C/c3ccc(OCC(F)(F)C(F)(F)F)cc3)[nH]c2c1.CS(=O)(=O)Nc1ccccc1-c1ccc2nc(/C=C/c3ccc(OCC(F)(F)C(F)(F)F)cc3)[nH]c2c1. The van der Waals surface area contributed by atoms with E-state index in [9.17, 15) is 57.4 Å². The van der Waals surface area contributed by atoms with Crippen LogP contribution in [0.25, 0.3) is 68.6 Å². The Balaban J connectivity index is 0.000000212. The number of nitrogens with zero attached hydrogens (tertiary/aromatic N) is 2. The van der Waals surface area contributed by atoms with Crippen molar-refractivity contribution < 1.29 is 66.9 Å². The number of aliphatic hydroxyl groups is 1. The van der Waals surface area contributed by atoms with Crippen LogP contribution < -0.4 is 14.2 Å². The van der Waals surface area contributed by atoms with E-state index in [2.05, 4.69) is 34.1 Å². The summed E-state index contributed by atoms with van der Waals surface area (Å²) in [7, 11) is -3.46. The van der Waals surface area contributed by atoms with E-state index in [-0.39, 0.29) is 11.5 Å². The Morgan fingerprint density at radius 3 is 1.43 bits per heavy atom. The molecule has 0 saturated heterocycles. The molecule has 8 aromatic rings. The van der Waals surface area contributed by atoms with Crippen LogP contribution in [0.2, 0.25) is 0 Å². The van der Waals surface area contributed by atoms with Gasteiger partial charge in [-0.3, -0.25) is 4.72 Å². The Labute approximate surface area is 404 Å². The van der Waals surface area contributed by atoms with Gasteiger partial charge in [0.2, 0.25) is 10.0 Å². The van der Waals surface area contributed by atoms with Crippen molar-refractivity contribution in [1.82, 2.24) is 19.9 Å². The second-order valence-electron chi connectivity index (χ2n) is 16.2. The van der Waals surface area contributed by atoms with Crippen molar-refractivity contribution in [2.45, 2.75) is 37.2 Å². The number of sulfonamides is 1. The molecule has 4 N–H and O–H groups in total. The molecule has 8 rings (SSSR count). The minimum absolute atomic E-state index is 0.0974. The van der Waals surface area contributed by atoms with Gasteiger partial charge in [-0.15, -0.1) is 0 Å². The number of para-hydroxylation sites is 1. The molecule has 0 radical (unpaired) electrons. The van der Waals surface area contributed by atoms with Gasteiger partial charge >= 0.3 is 24.2 Å². The average molecular weight is 1030 g/mol. The minimum Gasteiger partial charge on any atom is -0.487 e. The quantitative estimate of drug-likeness (QED) is 0.0749. The number of alkyl halides is 10. The zero-order chi connectivity index (χ0) is 52.1. The molecule has 0 amide bonds. The molecule has 0 aliphatic rings. The van der Waals surface area contributed by atoms with Gasteiger partial charge in [-0.05, 0) is 107 Å². The number of hydrogen-bond donors (Lipinski definition) is 4. The Bertz CT molecular complexity index is 3330. The zero-order valence-electron chi connectivity index (χ0n) is 37.7. The van der Waals surface area contributed by atoms with Crippen LogP contribution in [-0.4, -0.2) is 77.1 Å². The highest BCUT2D eigenvalue weighted by Crippen LogP contribution is 2.38. The molecule has 0 fully saturated rings. The van der Waals surface area contributed by atoms with E-state index in [1.165, 1.54) is 48.5 Å². The van der Waals surface area contributed by atoms with Crippen molar-refractivity contribution in [3.8, 4) is 33.8 Å². The normalized spacial score (nSPS) is 13.1. The zero-order valence-corrected chi connectivity index (χ0v) is 38.5. The smallest absolute Gasteiger partial charge is 0.456 e. The summed E-state index contributed by atoms with van der Waals surface area (Å²) in [6.45, 7) is -1.87. The lowest BCUT2D eigenvalue weighted by molar-refractivity contribution is -0.290. The maximum atomic E-state index is 13.0. The van der Waals surface area contributed by atoms with Crippen molar-refractivity contribution in [3.05, 3.63) is 162 Å². The van der Waals surface area contributed by atoms with Gasteiger partial charge < -0.3 is 24.5 Å². The average Bonchev–Trinajstić information content (AvgIpc) is 3.94. The first-order valence-electron chi connectivity index (χ1n) is 21.4. The molecule has 6 aromatic carbocycles. The number of aliphatic hydroxyl groups excluding tert-OH is 1. The summed E-state index contributed by atoms with van der Waals surface area (Å²) in [5.74, 6) is -9.00. The lowest BCUT2D eigenvalue weighted by Gasteiger charge is -2.19. The van der Waals surface area contributed by atoms with Gasteiger partial charge in [0.15, 0.2) is 13.2 Å². The number of ether oxygens (including phenoxy) is 2. The van der Waals surface area contributed by atoms with Crippen LogP contribution in [0, 0.1) is 0 Å². The fraction of sp³-hybridized carbons (Fsp3) is 0.176. The number of imidazole rings is 2. The molecule has 0 bridgehead atoms. The van der Waals surface area contributed by atoms with E-state index < -0.39 is 53.5 Å². The van der Waals surface area contributed by atoms with Gasteiger partial charge in [0.1, 0.15) is 23.1 Å². The van der Waals surface area contributed by atoms with Crippen LogP contribution in [0.15, 0.2) is 133 Å². The highest BCUT2D eigenvalue weighted by Gasteiger charge is 2.59. The maximum Gasteiger partial charge on any atom is 0.456 e. The Kier molecular flexibility index (Phi) is 15.2. The van der Waals surface area contributed by atoms with Gasteiger partial charge in [0.25, 0.3) is 0 Å². The first-order chi connectivity index (χ1) is 33.8. The van der Waals surface area contributed by atoms with Gasteiger partial charge in [-0.1, -0.05) is 91.0 Å². The van der Waals surface area contributed by atoms with Gasteiger partial charge in [-0.25, -0.2) is 18.4 Å². The maximum absolute atomic E-state index is 13.0. The molecular weight excluding hydrogens is 985 g/mol. The first kappa shape index (κ1) is 52.2. The van der Waals surface area contributed by atoms with Crippen LogP contribution >= 0.6 is 0 Å². The third kappa shape index (κ3) is 13.2. The van der Waals surface area contributed by atoms with Gasteiger partial charge in [0, 0.05) is 5.56 Å². The topological polar surface area (TPSA) is 142 Å². The number of nitrogens with one attached hydrogen (secondary N) is 3. The summed E-state index contributed by atoms with van der Waals surface area (Å²) < 4.78 is 161. The summed E-state index contributed by atoms with van der Waals surface area (Å²) >= 11 is 0. The van der Waals surface area contributed by atoms with Crippen molar-refractivity contribution in [2.24, 2.45) is 0 Å². The van der Waals surface area contributed by atoms with E-state index in [1.54, 1.807) is 61.6 Å². The number of aromatic amines is 2. The fourth-order valence-electron chi connectivity index (χ4n) is 6.91. The van der Waals surface area contributed by atoms with E-state index in [0.717, 1.165) is 39.5 Å². The number of aromatic nitrogens is 4. The lowest BCUT2D eigenvalue weighted by atomic mass is 9.96. The molecule has 0 saturated carbocycles. The molecule has 2 heterocycles. The van der Waals surface area contributed by atoms with Crippen LogP contribution in [0.5, 0.6) is 11.5 Å². The number of hydrogen-bond acceptors (Lipinski definition) is 7. The summed E-state index contributed by atoms with van der Waals surface area (Å²) in [4.78, 5) is 15.4. The number of benzene rings is 6. The van der Waals surface area contributed by atoms with Crippen LogP contribution in [0.1, 0.15) is 41.4 Å². The predicted molar refractivity (Wildman–Crippen MR) is 256 cm³/mol. The number of halogens is 10. The molecule has 1 unspecified atom stereocenters. The van der Waals surface area contributed by atoms with Gasteiger partial charge in [-0.2, -0.15) is 43.9 Å². The molecular formula is C51H41F10N5O5S. The fourth-order valence-corrected chi connectivity index (χ4v) is 7.49. The van der Waals surface area contributed by atoms with Crippen molar-refractivity contribution >= 4 is 62.1 Å². The number of rotatable bonds is 15. The summed E-state index contributed by atoms with van der Waals surface area (Å²) in [6, 6.07) is 37.1. The number of H-pyrrole nitrogens is 2. The Morgan fingerprint density at radius 1 is 0.583 bits per heavy atom. The van der Waals surface area contributed by atoms with Crippen LogP contribution in [0.3, 0.4) is 0 Å². The monoisotopic (exact) mass is 1030 g/mol. The van der Waals surface area contributed by atoms with Crippen molar-refractivity contribution in [1.29, 1.82) is 0 Å². The highest BCUT2D eigenvalue weighted by molar-refractivity contribution is 7.92. The van der Waals surface area contributed by atoms with E-state index >= 15 is 0 Å². The molecule has 2 aromatic heterocycles. The van der Waals surface area contributed by atoms with Crippen LogP contribution in [0.4, 0.5) is 49.6 Å². The lowest BCUT2D eigenvalue weighted by Crippen LogP contribution is -2.41. The summed E-state index contributed by atoms with van der Waals surface area (Å²) in [5.41, 5.74) is 8.82. The van der Waals surface area contributed by atoms with E-state index in [0.29, 0.717) is 45.1 Å². The largest absolute Gasteiger partial charge is 0.487 e. The molecule has 0 aliphatic carbocycles. The molecule has 72 heavy (non-hydrogen) atoms. The standard InChI is InChI=1S/C26H21F5N2O2.C25H20F5N3O3S/c1-16(34)20-4-2-3-5-21(20)18-9-12-22-23(14-18)33-24(32-22)13-8-17-6-10-19(11-7-17)35-15-25(27,28)26(29,30)31;1-37(34,35)33-20-5-3-2-4-19(20)17-9-12-21-22(14-17)32-23(31-21)13-8-16-6-10-18(11-7-16)36-15-24(26,27)25(28,29)30/h2-14,16,34H,15H2,1H3,(H,32,33);2-14,33H,15H2,1H3,(H,31,32)/b2*13-8+. The van der Waals surface area contributed by atoms with E-state index in [1.807, 2.05) is 54.6 Å². The third-order valence-electron chi connectivity index (χ3n) is 10.6. The second-order valence-corrected chi connectivity index (χ2v) is 17.9. The molecule has 0 spiro atoms. The molecule has 376 valence electrons. The predicted octanol–water partition coefficient (Wildman–Crippen LogP) is 13.4. The third-order valence-corrected chi connectivity index (χ3v) is 11.1. The van der Waals surface area contributed by atoms with Crippen molar-refractivity contribution in [3.63, 3.8) is 0 Å². The molecule has 21 heteroatoms. The Morgan fingerprint density at radius 2 is 1.00 bits per heavy atom. The van der Waals surface area contributed by atoms with Gasteiger partial charge in [0.05, 0.1) is 40.1 Å². The van der Waals surface area contributed by atoms with Crippen molar-refractivity contribution in [2.75, 3.05) is 24.2 Å². The van der Waals surface area contributed by atoms with E-state index in [4.69, 9.17) is 0 Å². The highest BCUT2D eigenvalue weighted by atomic mass is 32.2. The summed E-state index contributed by atoms with van der Waals surface area (Å²) in [5, 5.41) is 10.1. The second kappa shape index (κ2) is 21.0. The molecule has 10 nitrogen and oxygen atoms in total. The number of fused-ring (bicyclic) bond motifs is 2. The Hall–Kier alpha value is -7.65. The summed E-state index contributed by atoms with van der Waals surface area (Å²) in [6.07, 6.45) is -4.09.